The molecule has 11 nitrogen and oxygen atoms in total. The molecule has 0 aliphatic heterocycles. The fourth-order valence-corrected chi connectivity index (χ4v) is 2.75. The topological polar surface area (TPSA) is 237 Å². The first kappa shape index (κ1) is 30.0. The molecule has 0 aliphatic carbocycles. The first-order chi connectivity index (χ1) is 17.0. The maximum Gasteiger partial charge on any atom is 0.320 e. The molecule has 3 aromatic rings. The van der Waals surface area contributed by atoms with Crippen molar-refractivity contribution >= 4 is 5.97 Å². The molecule has 1 unspecified atom stereocenters. The SMILES string of the molecule is NC(Cc1ccc(O)cc1)C(=O)O.NCCc1ccc(O)c(O)c1.NC[C@H](O)c1ccc(O)c(O)c1. The maximum absolute atomic E-state index is 10.4. The van der Waals surface area contributed by atoms with E-state index in [4.69, 9.17) is 47.8 Å². The summed E-state index contributed by atoms with van der Waals surface area (Å²) in [7, 11) is 0. The zero-order chi connectivity index (χ0) is 27.3. The molecule has 0 radical (unpaired) electrons. The summed E-state index contributed by atoms with van der Waals surface area (Å²) in [5.74, 6) is -1.49. The van der Waals surface area contributed by atoms with Crippen LogP contribution in [-0.2, 0) is 17.6 Å². The molecule has 0 fully saturated rings. The van der Waals surface area contributed by atoms with Crippen LogP contribution in [0, 0.1) is 0 Å². The molecule has 3 rings (SSSR count). The number of hydrogen-bond donors (Lipinski definition) is 10. The monoisotopic (exact) mass is 503 g/mol. The van der Waals surface area contributed by atoms with Gasteiger partial charge in [0.05, 0.1) is 6.10 Å². The molecule has 2 atom stereocenters. The van der Waals surface area contributed by atoms with Crippen molar-refractivity contribution in [1.29, 1.82) is 0 Å². The Morgan fingerprint density at radius 3 is 1.75 bits per heavy atom. The number of nitrogens with two attached hydrogens (primary N) is 3. The van der Waals surface area contributed by atoms with Crippen LogP contribution in [0.2, 0.25) is 0 Å². The minimum atomic E-state index is -1.02. The van der Waals surface area contributed by atoms with Gasteiger partial charge in [-0.15, -0.1) is 0 Å². The van der Waals surface area contributed by atoms with Crippen molar-refractivity contribution in [3.8, 4) is 28.7 Å². The molecule has 0 aliphatic rings. The Balaban J connectivity index is 0.000000271. The normalized spacial score (nSPS) is 11.8. The van der Waals surface area contributed by atoms with Gasteiger partial charge >= 0.3 is 5.97 Å². The van der Waals surface area contributed by atoms with Gasteiger partial charge in [-0.1, -0.05) is 24.3 Å². The summed E-state index contributed by atoms with van der Waals surface area (Å²) >= 11 is 0. The number of phenols is 5. The van der Waals surface area contributed by atoms with Crippen LogP contribution in [0.25, 0.3) is 0 Å². The number of rotatable bonds is 7. The fourth-order valence-electron chi connectivity index (χ4n) is 2.75. The number of aromatic hydroxyl groups is 5. The predicted molar refractivity (Wildman–Crippen MR) is 134 cm³/mol. The average molecular weight is 504 g/mol. The van der Waals surface area contributed by atoms with Crippen molar-refractivity contribution in [2.75, 3.05) is 13.1 Å². The quantitative estimate of drug-likeness (QED) is 0.204. The summed E-state index contributed by atoms with van der Waals surface area (Å²) in [6, 6.07) is 14.2. The Morgan fingerprint density at radius 2 is 1.28 bits per heavy atom. The number of carboxylic acid groups (broad SMARTS) is 1. The van der Waals surface area contributed by atoms with Crippen molar-refractivity contribution in [1.82, 2.24) is 0 Å². The van der Waals surface area contributed by atoms with Gasteiger partial charge in [-0.25, -0.2) is 0 Å². The number of carbonyl (C=O) groups is 1. The summed E-state index contributed by atoms with van der Waals surface area (Å²) in [4.78, 5) is 10.4. The summed E-state index contributed by atoms with van der Waals surface area (Å²) in [5, 5.41) is 62.6. The minimum Gasteiger partial charge on any atom is -0.508 e. The van der Waals surface area contributed by atoms with E-state index in [1.54, 1.807) is 18.2 Å². The lowest BCUT2D eigenvalue weighted by atomic mass is 10.1. The van der Waals surface area contributed by atoms with Crippen LogP contribution in [0.15, 0.2) is 60.7 Å². The first-order valence-corrected chi connectivity index (χ1v) is 10.9. The van der Waals surface area contributed by atoms with Gasteiger partial charge in [0, 0.05) is 6.54 Å². The highest BCUT2D eigenvalue weighted by atomic mass is 16.4. The lowest BCUT2D eigenvalue weighted by Gasteiger charge is -2.08. The molecule has 0 spiro atoms. The molecule has 0 bridgehead atoms. The van der Waals surface area contributed by atoms with Crippen molar-refractivity contribution < 1.29 is 40.5 Å². The van der Waals surface area contributed by atoms with Crippen LogP contribution >= 0.6 is 0 Å². The van der Waals surface area contributed by atoms with Gasteiger partial charge in [0.2, 0.25) is 0 Å². The van der Waals surface area contributed by atoms with Gasteiger partial charge in [-0.05, 0) is 72.5 Å². The Kier molecular flexibility index (Phi) is 12.6. The van der Waals surface area contributed by atoms with Crippen molar-refractivity contribution in [3.63, 3.8) is 0 Å². The van der Waals surface area contributed by atoms with Crippen LogP contribution in [0.5, 0.6) is 28.7 Å². The number of benzene rings is 3. The van der Waals surface area contributed by atoms with Crippen molar-refractivity contribution in [2.24, 2.45) is 17.2 Å². The molecule has 0 saturated carbocycles. The Hall–Kier alpha value is -4.03. The summed E-state index contributed by atoms with van der Waals surface area (Å²) in [6.45, 7) is 0.633. The van der Waals surface area contributed by atoms with E-state index in [0.29, 0.717) is 18.5 Å². The van der Waals surface area contributed by atoms with Gasteiger partial charge in [-0.2, -0.15) is 0 Å². The molecule has 0 heterocycles. The molecular weight excluding hydrogens is 470 g/mol. The van der Waals surface area contributed by atoms with Crippen molar-refractivity contribution in [3.05, 3.63) is 77.4 Å². The second-order valence-electron chi connectivity index (χ2n) is 7.68. The molecule has 0 amide bonds. The number of carboxylic acids is 1. The molecular formula is C25H33N3O8. The number of hydrogen-bond acceptors (Lipinski definition) is 10. The van der Waals surface area contributed by atoms with Crippen LogP contribution in [0.3, 0.4) is 0 Å². The lowest BCUT2D eigenvalue weighted by Crippen LogP contribution is -2.32. The van der Waals surface area contributed by atoms with E-state index in [9.17, 15) is 9.90 Å². The van der Waals surface area contributed by atoms with E-state index in [1.807, 2.05) is 0 Å². The second kappa shape index (κ2) is 15.1. The minimum absolute atomic E-state index is 0.0871. The highest BCUT2D eigenvalue weighted by Gasteiger charge is 2.11. The molecule has 0 aromatic heterocycles. The fraction of sp³-hybridized carbons (Fsp3) is 0.240. The smallest absolute Gasteiger partial charge is 0.320 e. The van der Waals surface area contributed by atoms with E-state index >= 15 is 0 Å². The number of aliphatic hydroxyl groups is 1. The van der Waals surface area contributed by atoms with E-state index in [1.165, 1.54) is 42.5 Å². The Bertz CT molecular complexity index is 1090. The Labute approximate surface area is 208 Å². The predicted octanol–water partition coefficient (Wildman–Crippen LogP) is 1.04. The highest BCUT2D eigenvalue weighted by Crippen LogP contribution is 2.27. The maximum atomic E-state index is 10.4. The largest absolute Gasteiger partial charge is 0.508 e. The van der Waals surface area contributed by atoms with E-state index in [-0.39, 0.29) is 41.7 Å². The molecule has 13 N–H and O–H groups in total. The van der Waals surface area contributed by atoms with Gasteiger partial charge in [0.1, 0.15) is 11.8 Å². The van der Waals surface area contributed by atoms with Crippen LogP contribution in [0.4, 0.5) is 0 Å². The lowest BCUT2D eigenvalue weighted by molar-refractivity contribution is -0.138. The van der Waals surface area contributed by atoms with Crippen LogP contribution in [0.1, 0.15) is 22.8 Å². The number of aliphatic hydroxyl groups excluding tert-OH is 1. The Morgan fingerprint density at radius 1 is 0.750 bits per heavy atom. The van der Waals surface area contributed by atoms with Crippen LogP contribution in [-0.4, -0.2) is 60.8 Å². The molecule has 0 saturated heterocycles. The highest BCUT2D eigenvalue weighted by molar-refractivity contribution is 5.73. The number of aliphatic carboxylic acids is 1. The molecule has 196 valence electrons. The third-order valence-electron chi connectivity index (χ3n) is 4.79. The molecule has 36 heavy (non-hydrogen) atoms. The second-order valence-corrected chi connectivity index (χ2v) is 7.68. The zero-order valence-corrected chi connectivity index (χ0v) is 19.5. The van der Waals surface area contributed by atoms with Crippen molar-refractivity contribution in [2.45, 2.75) is 25.0 Å². The molecule has 3 aromatic carbocycles. The summed E-state index contributed by atoms with van der Waals surface area (Å²) in [6.07, 6.45) is 0.195. The summed E-state index contributed by atoms with van der Waals surface area (Å²) < 4.78 is 0. The first-order valence-electron chi connectivity index (χ1n) is 10.9. The van der Waals surface area contributed by atoms with Gasteiger partial charge in [0.25, 0.3) is 0 Å². The van der Waals surface area contributed by atoms with Gasteiger partial charge in [-0.3, -0.25) is 4.79 Å². The van der Waals surface area contributed by atoms with E-state index in [2.05, 4.69) is 0 Å². The average Bonchev–Trinajstić information content (AvgIpc) is 2.85. The standard InChI is InChI=1S/C9H11NO3.C8H11NO3.C8H11NO2/c10-8(9(12)13)5-6-1-3-7(11)4-2-6;9-4-8(12)5-1-2-6(10)7(11)3-5;9-4-3-6-1-2-7(10)8(11)5-6/h1-4,8,11H,5,10H2,(H,12,13);1-3,8,10-12H,4,9H2;1-2,5,10-11H,3-4,9H2/t;8-;/m.0./s1. The number of phenolic OH excluding ortho intramolecular Hbond substituents is 5. The third-order valence-corrected chi connectivity index (χ3v) is 4.79. The zero-order valence-electron chi connectivity index (χ0n) is 19.5. The van der Waals surface area contributed by atoms with Gasteiger partial charge in [0.15, 0.2) is 23.0 Å². The van der Waals surface area contributed by atoms with E-state index < -0.39 is 18.1 Å². The van der Waals surface area contributed by atoms with E-state index in [0.717, 1.165) is 11.1 Å². The summed E-state index contributed by atoms with van der Waals surface area (Å²) in [5.41, 5.74) is 18.1. The third kappa shape index (κ3) is 10.5. The van der Waals surface area contributed by atoms with Crippen LogP contribution < -0.4 is 17.2 Å². The molecule has 11 heteroatoms. The van der Waals surface area contributed by atoms with Gasteiger partial charge < -0.3 is 52.9 Å².